The van der Waals surface area contributed by atoms with Gasteiger partial charge in [-0.1, -0.05) is 0 Å². The number of hydrogen-bond acceptors (Lipinski definition) is 4. The van der Waals surface area contributed by atoms with Crippen LogP contribution in [0.2, 0.25) is 0 Å². The first kappa shape index (κ1) is 13.8. The highest BCUT2D eigenvalue weighted by molar-refractivity contribution is 5.51. The zero-order valence-corrected chi connectivity index (χ0v) is 11.7. The van der Waals surface area contributed by atoms with Crippen LogP contribution in [0.5, 0.6) is 0 Å². The van der Waals surface area contributed by atoms with Gasteiger partial charge in [-0.2, -0.15) is 0 Å². The number of aliphatic hydroxyl groups excluding tert-OH is 1. The molecule has 0 bridgehead atoms. The molecule has 1 fully saturated rings. The van der Waals surface area contributed by atoms with Crippen molar-refractivity contribution in [2.75, 3.05) is 36.0 Å². The van der Waals surface area contributed by atoms with Crippen LogP contribution >= 0.6 is 0 Å². The lowest BCUT2D eigenvalue weighted by atomic mass is 10.2. The Kier molecular flexibility index (Phi) is 4.01. The predicted octanol–water partition coefficient (Wildman–Crippen LogP) is 2.04. The number of hydrogen-bond donors (Lipinski definition) is 1. The van der Waals surface area contributed by atoms with E-state index in [0.717, 1.165) is 37.6 Å². The van der Waals surface area contributed by atoms with Crippen LogP contribution in [0.15, 0.2) is 42.6 Å². The summed E-state index contributed by atoms with van der Waals surface area (Å²) in [6.45, 7) is 3.53. The van der Waals surface area contributed by atoms with Crippen LogP contribution in [0.25, 0.3) is 0 Å². The largest absolute Gasteiger partial charge is 0.390 e. The first-order valence-electron chi connectivity index (χ1n) is 7.07. The first-order chi connectivity index (χ1) is 10.3. The molecule has 0 radical (unpaired) electrons. The Bertz CT molecular complexity index is 595. The molecule has 1 aromatic heterocycles. The lowest BCUT2D eigenvalue weighted by molar-refractivity contribution is 0.277. The molecule has 0 saturated carbocycles. The van der Waals surface area contributed by atoms with Crippen molar-refractivity contribution in [1.29, 1.82) is 0 Å². The molecule has 0 spiro atoms. The van der Waals surface area contributed by atoms with Crippen LogP contribution in [-0.2, 0) is 6.61 Å². The smallest absolute Gasteiger partial charge is 0.123 e. The fourth-order valence-electron chi connectivity index (χ4n) is 2.62. The van der Waals surface area contributed by atoms with Crippen LogP contribution in [0, 0.1) is 5.82 Å². The molecule has 1 N–H and O–H groups in total. The molecule has 1 saturated heterocycles. The summed E-state index contributed by atoms with van der Waals surface area (Å²) in [5.74, 6) is -0.203. The van der Waals surface area contributed by atoms with Gasteiger partial charge in [0.15, 0.2) is 0 Å². The number of halogens is 1. The highest BCUT2D eigenvalue weighted by Crippen LogP contribution is 2.21. The van der Waals surface area contributed by atoms with Crippen molar-refractivity contribution < 1.29 is 9.50 Å². The SMILES string of the molecule is OCc1cc(N2CCN(c3ccc(F)cc3)CC2)ccn1. The minimum atomic E-state index is -0.203. The summed E-state index contributed by atoms with van der Waals surface area (Å²) in [6, 6.07) is 10.5. The highest BCUT2D eigenvalue weighted by Gasteiger charge is 2.17. The molecular weight excluding hydrogens is 269 g/mol. The third-order valence-electron chi connectivity index (χ3n) is 3.80. The fourth-order valence-corrected chi connectivity index (χ4v) is 2.62. The van der Waals surface area contributed by atoms with Crippen LogP contribution in [-0.4, -0.2) is 36.3 Å². The first-order valence-corrected chi connectivity index (χ1v) is 7.07. The Hall–Kier alpha value is -2.14. The minimum Gasteiger partial charge on any atom is -0.390 e. The Labute approximate surface area is 123 Å². The average molecular weight is 287 g/mol. The molecule has 1 aliphatic heterocycles. The summed E-state index contributed by atoms with van der Waals surface area (Å²) < 4.78 is 13.0. The average Bonchev–Trinajstić information content (AvgIpc) is 2.56. The summed E-state index contributed by atoms with van der Waals surface area (Å²) in [6.07, 6.45) is 1.73. The van der Waals surface area contributed by atoms with Crippen molar-refractivity contribution >= 4 is 11.4 Å². The number of piperazine rings is 1. The molecule has 21 heavy (non-hydrogen) atoms. The van der Waals surface area contributed by atoms with Crippen LogP contribution < -0.4 is 9.80 Å². The van der Waals surface area contributed by atoms with E-state index >= 15 is 0 Å². The summed E-state index contributed by atoms with van der Waals surface area (Å²) in [4.78, 5) is 8.63. The molecule has 5 heteroatoms. The molecular formula is C16H18FN3O. The number of nitrogens with zero attached hydrogens (tertiary/aromatic N) is 3. The molecule has 2 aromatic rings. The molecule has 2 heterocycles. The van der Waals surface area contributed by atoms with Crippen LogP contribution in [0.4, 0.5) is 15.8 Å². The Morgan fingerprint density at radius 3 is 2.19 bits per heavy atom. The summed E-state index contributed by atoms with van der Waals surface area (Å²) in [7, 11) is 0. The molecule has 110 valence electrons. The fraction of sp³-hybridized carbons (Fsp3) is 0.312. The van der Waals surface area contributed by atoms with Crippen LogP contribution in [0.3, 0.4) is 0 Å². The van der Waals surface area contributed by atoms with Gasteiger partial charge >= 0.3 is 0 Å². The van der Waals surface area contributed by atoms with E-state index in [0.29, 0.717) is 5.69 Å². The maximum Gasteiger partial charge on any atom is 0.123 e. The number of rotatable bonds is 3. The van der Waals surface area contributed by atoms with Crippen molar-refractivity contribution in [2.45, 2.75) is 6.61 Å². The second-order valence-electron chi connectivity index (χ2n) is 5.11. The molecule has 0 amide bonds. The summed E-state index contributed by atoms with van der Waals surface area (Å²) in [5, 5.41) is 9.15. The number of benzene rings is 1. The lowest BCUT2D eigenvalue weighted by Gasteiger charge is -2.37. The van der Waals surface area contributed by atoms with Gasteiger partial charge in [0.05, 0.1) is 12.3 Å². The maximum atomic E-state index is 13.0. The second kappa shape index (κ2) is 6.10. The van der Waals surface area contributed by atoms with E-state index in [4.69, 9.17) is 5.11 Å². The molecule has 1 aliphatic rings. The quantitative estimate of drug-likeness (QED) is 0.938. The highest BCUT2D eigenvalue weighted by atomic mass is 19.1. The van der Waals surface area contributed by atoms with Crippen molar-refractivity contribution in [1.82, 2.24) is 4.98 Å². The standard InChI is InChI=1S/C16H18FN3O/c17-13-1-3-15(4-2-13)19-7-9-20(10-8-19)16-5-6-18-14(11-16)12-21/h1-6,11,21H,7-10,12H2. The Balaban J connectivity index is 1.65. The lowest BCUT2D eigenvalue weighted by Crippen LogP contribution is -2.46. The Morgan fingerprint density at radius 1 is 0.952 bits per heavy atom. The topological polar surface area (TPSA) is 39.6 Å². The zero-order chi connectivity index (χ0) is 14.7. The molecule has 0 unspecified atom stereocenters. The van der Waals surface area contributed by atoms with Gasteiger partial charge < -0.3 is 14.9 Å². The van der Waals surface area contributed by atoms with E-state index in [1.54, 1.807) is 6.20 Å². The van der Waals surface area contributed by atoms with E-state index < -0.39 is 0 Å². The van der Waals surface area contributed by atoms with Crippen molar-refractivity contribution in [3.63, 3.8) is 0 Å². The predicted molar refractivity (Wildman–Crippen MR) is 81.0 cm³/mol. The van der Waals surface area contributed by atoms with Gasteiger partial charge in [0, 0.05) is 43.8 Å². The third-order valence-corrected chi connectivity index (χ3v) is 3.80. The number of aromatic nitrogens is 1. The van der Waals surface area contributed by atoms with E-state index in [2.05, 4.69) is 14.8 Å². The van der Waals surface area contributed by atoms with Crippen molar-refractivity contribution in [2.24, 2.45) is 0 Å². The van der Waals surface area contributed by atoms with Gasteiger partial charge in [0.25, 0.3) is 0 Å². The van der Waals surface area contributed by atoms with E-state index in [-0.39, 0.29) is 12.4 Å². The van der Waals surface area contributed by atoms with E-state index in [1.165, 1.54) is 12.1 Å². The molecule has 0 atom stereocenters. The molecule has 1 aromatic carbocycles. The molecule has 3 rings (SSSR count). The van der Waals surface area contributed by atoms with Crippen LogP contribution in [0.1, 0.15) is 5.69 Å². The maximum absolute atomic E-state index is 13.0. The summed E-state index contributed by atoms with van der Waals surface area (Å²) >= 11 is 0. The summed E-state index contributed by atoms with van der Waals surface area (Å²) in [5.41, 5.74) is 2.84. The number of anilines is 2. The van der Waals surface area contributed by atoms with E-state index in [1.807, 2.05) is 24.3 Å². The normalized spacial score (nSPS) is 15.3. The third kappa shape index (κ3) is 3.13. The second-order valence-corrected chi connectivity index (χ2v) is 5.11. The van der Waals surface area contributed by atoms with Gasteiger partial charge in [-0.3, -0.25) is 4.98 Å². The number of pyridine rings is 1. The molecule has 4 nitrogen and oxygen atoms in total. The van der Waals surface area contributed by atoms with Crippen molar-refractivity contribution in [3.05, 3.63) is 54.1 Å². The Morgan fingerprint density at radius 2 is 1.57 bits per heavy atom. The van der Waals surface area contributed by atoms with Gasteiger partial charge in [-0.05, 0) is 36.4 Å². The minimum absolute atomic E-state index is 0.0383. The van der Waals surface area contributed by atoms with Gasteiger partial charge in [0.1, 0.15) is 5.82 Å². The number of aliphatic hydroxyl groups is 1. The van der Waals surface area contributed by atoms with Gasteiger partial charge in [-0.15, -0.1) is 0 Å². The van der Waals surface area contributed by atoms with Gasteiger partial charge in [0.2, 0.25) is 0 Å². The van der Waals surface area contributed by atoms with Gasteiger partial charge in [-0.25, -0.2) is 4.39 Å². The molecule has 0 aliphatic carbocycles. The zero-order valence-electron chi connectivity index (χ0n) is 11.7. The van der Waals surface area contributed by atoms with E-state index in [9.17, 15) is 4.39 Å². The monoisotopic (exact) mass is 287 g/mol. The van der Waals surface area contributed by atoms with Crippen molar-refractivity contribution in [3.8, 4) is 0 Å².